The average molecular weight is 357 g/mol. The standard InChI is InChI=1S/C20H27N3O3/c1-13-19(2,3)14-6-7-20(13,11-14)18(25)22-8-5-9-23-15(12-22)10-16(21-23)17(24)26-4/h10,14H,1,5-9,11-12H2,2-4H3/t14-,20-/m0/s1. The Bertz CT molecular complexity index is 794. The number of ether oxygens (including phenoxy) is 1. The maximum Gasteiger partial charge on any atom is 0.358 e. The Morgan fingerprint density at radius 2 is 2.12 bits per heavy atom. The summed E-state index contributed by atoms with van der Waals surface area (Å²) in [6.07, 6.45) is 3.79. The van der Waals surface area contributed by atoms with Gasteiger partial charge in [-0.2, -0.15) is 5.10 Å². The first-order chi connectivity index (χ1) is 12.3. The first kappa shape index (κ1) is 17.3. The zero-order valence-corrected chi connectivity index (χ0v) is 15.9. The van der Waals surface area contributed by atoms with Crippen molar-refractivity contribution in [2.45, 2.75) is 52.6 Å². The van der Waals surface area contributed by atoms with E-state index in [1.807, 2.05) is 9.58 Å². The molecule has 1 aliphatic heterocycles. The van der Waals surface area contributed by atoms with Gasteiger partial charge in [-0.1, -0.05) is 26.0 Å². The topological polar surface area (TPSA) is 64.4 Å². The number of amides is 1. The van der Waals surface area contributed by atoms with E-state index >= 15 is 0 Å². The molecule has 2 heterocycles. The molecule has 140 valence electrons. The second-order valence-electron chi connectivity index (χ2n) is 8.54. The number of carbonyl (C=O) groups excluding carboxylic acids is 2. The van der Waals surface area contributed by atoms with Gasteiger partial charge < -0.3 is 9.64 Å². The van der Waals surface area contributed by atoms with Gasteiger partial charge >= 0.3 is 5.97 Å². The summed E-state index contributed by atoms with van der Waals surface area (Å²) in [5, 5.41) is 4.34. The summed E-state index contributed by atoms with van der Waals surface area (Å²) in [4.78, 5) is 27.3. The normalized spacial score (nSPS) is 29.4. The molecule has 2 bridgehead atoms. The maximum atomic E-state index is 13.6. The predicted octanol–water partition coefficient (Wildman–Crippen LogP) is 2.78. The lowest BCUT2D eigenvalue weighted by Gasteiger charge is -2.39. The van der Waals surface area contributed by atoms with E-state index in [0.717, 1.165) is 43.5 Å². The third kappa shape index (κ3) is 2.27. The van der Waals surface area contributed by atoms with E-state index in [9.17, 15) is 9.59 Å². The molecule has 0 saturated heterocycles. The van der Waals surface area contributed by atoms with Crippen molar-refractivity contribution in [3.63, 3.8) is 0 Å². The average Bonchev–Trinajstić information content (AvgIpc) is 3.25. The summed E-state index contributed by atoms with van der Waals surface area (Å²) in [5.74, 6) is 0.332. The number of hydrogen-bond donors (Lipinski definition) is 0. The highest BCUT2D eigenvalue weighted by Gasteiger charge is 2.61. The van der Waals surface area contributed by atoms with E-state index in [0.29, 0.717) is 24.7 Å². The van der Waals surface area contributed by atoms with Gasteiger partial charge in [0.25, 0.3) is 0 Å². The zero-order valence-electron chi connectivity index (χ0n) is 15.9. The molecule has 0 aromatic carbocycles. The fourth-order valence-electron chi connectivity index (χ4n) is 5.26. The predicted molar refractivity (Wildman–Crippen MR) is 96.3 cm³/mol. The van der Waals surface area contributed by atoms with E-state index < -0.39 is 11.4 Å². The lowest BCUT2D eigenvalue weighted by molar-refractivity contribution is -0.140. The zero-order chi connectivity index (χ0) is 18.7. The van der Waals surface area contributed by atoms with E-state index in [1.54, 1.807) is 6.07 Å². The minimum absolute atomic E-state index is 0.0413. The van der Waals surface area contributed by atoms with Crippen LogP contribution in [-0.4, -0.2) is 40.2 Å². The van der Waals surface area contributed by atoms with Crippen molar-refractivity contribution in [1.82, 2.24) is 14.7 Å². The summed E-state index contributed by atoms with van der Waals surface area (Å²) >= 11 is 0. The second kappa shape index (κ2) is 5.69. The molecule has 3 aliphatic rings. The highest BCUT2D eigenvalue weighted by atomic mass is 16.5. The molecule has 1 aromatic rings. The lowest BCUT2D eigenvalue weighted by atomic mass is 9.68. The second-order valence-corrected chi connectivity index (χ2v) is 8.54. The molecule has 2 fully saturated rings. The molecule has 0 unspecified atom stereocenters. The molecule has 2 aliphatic carbocycles. The van der Waals surface area contributed by atoms with Crippen LogP contribution < -0.4 is 0 Å². The Labute approximate surface area is 154 Å². The van der Waals surface area contributed by atoms with Crippen LogP contribution in [-0.2, 0) is 22.6 Å². The van der Waals surface area contributed by atoms with Crippen molar-refractivity contribution in [1.29, 1.82) is 0 Å². The van der Waals surface area contributed by atoms with Gasteiger partial charge in [-0.3, -0.25) is 9.48 Å². The van der Waals surface area contributed by atoms with Crippen LogP contribution in [0.1, 0.15) is 55.7 Å². The van der Waals surface area contributed by atoms with Crippen LogP contribution in [0.3, 0.4) is 0 Å². The quantitative estimate of drug-likeness (QED) is 0.603. The molecule has 1 aromatic heterocycles. The van der Waals surface area contributed by atoms with Gasteiger partial charge in [0, 0.05) is 13.1 Å². The highest BCUT2D eigenvalue weighted by Crippen LogP contribution is 2.66. The third-order valence-corrected chi connectivity index (χ3v) is 7.00. The smallest absolute Gasteiger partial charge is 0.358 e. The van der Waals surface area contributed by atoms with Crippen LogP contribution in [0.2, 0.25) is 0 Å². The number of aryl methyl sites for hydroxylation is 1. The molecule has 1 amide bonds. The molecule has 6 nitrogen and oxygen atoms in total. The Morgan fingerprint density at radius 1 is 1.35 bits per heavy atom. The van der Waals surface area contributed by atoms with Crippen molar-refractivity contribution in [2.24, 2.45) is 16.7 Å². The number of esters is 1. The van der Waals surface area contributed by atoms with Gasteiger partial charge in [-0.25, -0.2) is 4.79 Å². The van der Waals surface area contributed by atoms with Crippen molar-refractivity contribution in [3.05, 3.63) is 29.6 Å². The number of nitrogens with zero attached hydrogens (tertiary/aromatic N) is 3. The van der Waals surface area contributed by atoms with Crippen molar-refractivity contribution < 1.29 is 14.3 Å². The van der Waals surface area contributed by atoms with E-state index in [1.165, 1.54) is 7.11 Å². The number of aromatic nitrogens is 2. The van der Waals surface area contributed by atoms with Crippen molar-refractivity contribution >= 4 is 11.9 Å². The number of fused-ring (bicyclic) bond motifs is 3. The largest absolute Gasteiger partial charge is 0.464 e. The summed E-state index contributed by atoms with van der Waals surface area (Å²) < 4.78 is 6.61. The van der Waals surface area contributed by atoms with Crippen LogP contribution in [0, 0.1) is 16.7 Å². The van der Waals surface area contributed by atoms with Gasteiger partial charge in [-0.05, 0) is 43.1 Å². The van der Waals surface area contributed by atoms with E-state index in [-0.39, 0.29) is 11.3 Å². The van der Waals surface area contributed by atoms with Gasteiger partial charge in [0.1, 0.15) is 0 Å². The van der Waals surface area contributed by atoms with Crippen LogP contribution in [0.15, 0.2) is 18.2 Å². The van der Waals surface area contributed by atoms with Crippen molar-refractivity contribution in [3.8, 4) is 0 Å². The minimum Gasteiger partial charge on any atom is -0.464 e. The SMILES string of the molecule is C=C1C(C)(C)[C@H]2CC[C@]1(C(=O)N1CCCn3nc(C(=O)OC)cc3C1)C2. The van der Waals surface area contributed by atoms with E-state index in [4.69, 9.17) is 4.74 Å². The summed E-state index contributed by atoms with van der Waals surface area (Å²) in [5.41, 5.74) is 1.96. The molecular formula is C20H27N3O3. The maximum absolute atomic E-state index is 13.6. The van der Waals surface area contributed by atoms with Gasteiger partial charge in [0.2, 0.25) is 5.91 Å². The Balaban J connectivity index is 1.61. The summed E-state index contributed by atoms with van der Waals surface area (Å²) in [6, 6.07) is 1.75. The molecule has 26 heavy (non-hydrogen) atoms. The van der Waals surface area contributed by atoms with Crippen LogP contribution >= 0.6 is 0 Å². The molecule has 6 heteroatoms. The van der Waals surface area contributed by atoms with Crippen LogP contribution in [0.25, 0.3) is 0 Å². The van der Waals surface area contributed by atoms with Crippen molar-refractivity contribution in [2.75, 3.05) is 13.7 Å². The highest BCUT2D eigenvalue weighted by molar-refractivity contribution is 5.88. The molecule has 2 saturated carbocycles. The number of carbonyl (C=O) groups is 2. The number of methoxy groups -OCH3 is 1. The Morgan fingerprint density at radius 3 is 2.77 bits per heavy atom. The van der Waals surface area contributed by atoms with Crippen LogP contribution in [0.5, 0.6) is 0 Å². The summed E-state index contributed by atoms with van der Waals surface area (Å²) in [7, 11) is 1.35. The fourth-order valence-corrected chi connectivity index (χ4v) is 5.26. The molecule has 0 radical (unpaired) electrons. The fraction of sp³-hybridized carbons (Fsp3) is 0.650. The third-order valence-electron chi connectivity index (χ3n) is 7.00. The van der Waals surface area contributed by atoms with E-state index in [2.05, 4.69) is 25.5 Å². The van der Waals surface area contributed by atoms with Crippen LogP contribution in [0.4, 0.5) is 0 Å². The molecular weight excluding hydrogens is 330 g/mol. The van der Waals surface area contributed by atoms with Gasteiger partial charge in [-0.15, -0.1) is 0 Å². The first-order valence-electron chi connectivity index (χ1n) is 9.44. The number of hydrogen-bond acceptors (Lipinski definition) is 4. The molecule has 2 atom stereocenters. The molecule has 0 N–H and O–H groups in total. The first-order valence-corrected chi connectivity index (χ1v) is 9.44. The monoisotopic (exact) mass is 357 g/mol. The minimum atomic E-state index is -0.438. The van der Waals surface area contributed by atoms with Gasteiger partial charge in [0.05, 0.1) is 24.8 Å². The Hall–Kier alpha value is -2.11. The molecule has 4 rings (SSSR count). The number of rotatable bonds is 2. The summed E-state index contributed by atoms with van der Waals surface area (Å²) in [6.45, 7) is 10.7. The van der Waals surface area contributed by atoms with Gasteiger partial charge in [0.15, 0.2) is 5.69 Å². The molecule has 0 spiro atoms. The Kier molecular flexibility index (Phi) is 3.79. The lowest BCUT2D eigenvalue weighted by Crippen LogP contribution is -2.44.